The van der Waals surface area contributed by atoms with Gasteiger partial charge in [-0.1, -0.05) is 29.4 Å². The average molecular weight is 360 g/mol. The van der Waals surface area contributed by atoms with Gasteiger partial charge in [-0.2, -0.15) is 0 Å². The molecule has 2 aliphatic heterocycles. The Labute approximate surface area is 157 Å². The van der Waals surface area contributed by atoms with Gasteiger partial charge < -0.3 is 9.84 Å². The second kappa shape index (κ2) is 6.32. The predicted molar refractivity (Wildman–Crippen MR) is 101 cm³/mol. The lowest BCUT2D eigenvalue weighted by molar-refractivity contribution is -0.123. The van der Waals surface area contributed by atoms with Crippen LogP contribution in [0.5, 0.6) is 0 Å². The summed E-state index contributed by atoms with van der Waals surface area (Å²) in [5, 5.41) is 7.21. The minimum atomic E-state index is -0.460. The van der Waals surface area contributed by atoms with E-state index >= 15 is 0 Å². The quantitative estimate of drug-likeness (QED) is 0.776. The second-order valence-electron chi connectivity index (χ2n) is 7.29. The molecule has 1 N–H and O–H groups in total. The summed E-state index contributed by atoms with van der Waals surface area (Å²) in [6.45, 7) is 2.27. The van der Waals surface area contributed by atoms with Crippen LogP contribution in [0, 0.1) is 0 Å². The summed E-state index contributed by atoms with van der Waals surface area (Å²) in [4.78, 5) is 19.4. The van der Waals surface area contributed by atoms with Gasteiger partial charge in [-0.25, -0.2) is 0 Å². The van der Waals surface area contributed by atoms with E-state index in [0.717, 1.165) is 47.8 Å². The van der Waals surface area contributed by atoms with E-state index in [9.17, 15) is 4.79 Å². The molecule has 5 rings (SSSR count). The van der Waals surface area contributed by atoms with Gasteiger partial charge in [0.15, 0.2) is 5.76 Å². The lowest BCUT2D eigenvalue weighted by Crippen LogP contribution is -2.49. The molecule has 1 fully saturated rings. The monoisotopic (exact) mass is 360 g/mol. The highest BCUT2D eigenvalue weighted by Gasteiger charge is 2.48. The van der Waals surface area contributed by atoms with Crippen LogP contribution in [0.1, 0.15) is 24.2 Å². The van der Waals surface area contributed by atoms with E-state index in [1.807, 2.05) is 42.5 Å². The topological polar surface area (TPSA) is 71.3 Å². The third-order valence-corrected chi connectivity index (χ3v) is 5.56. The fourth-order valence-electron chi connectivity index (χ4n) is 4.30. The number of likely N-dealkylation sites (tertiary alicyclic amines) is 1. The lowest BCUT2D eigenvalue weighted by Gasteiger charge is -2.38. The van der Waals surface area contributed by atoms with E-state index in [-0.39, 0.29) is 5.91 Å². The third kappa shape index (κ3) is 2.73. The number of fused-ring (bicyclic) bond motifs is 2. The molecule has 1 atom stereocenters. The summed E-state index contributed by atoms with van der Waals surface area (Å²) in [6.07, 6.45) is 3.60. The summed E-state index contributed by atoms with van der Waals surface area (Å²) < 4.78 is 5.54. The number of hydrogen-bond donors (Lipinski definition) is 1. The van der Waals surface area contributed by atoms with Crippen molar-refractivity contribution in [3.8, 4) is 11.4 Å². The van der Waals surface area contributed by atoms with Crippen LogP contribution in [0.4, 0.5) is 5.69 Å². The summed E-state index contributed by atoms with van der Waals surface area (Å²) in [5.74, 6) is 0.902. The van der Waals surface area contributed by atoms with Gasteiger partial charge >= 0.3 is 0 Å². The standard InChI is InChI=1S/C21H20N4O2/c26-20-21(16-6-1-2-7-17(16)23-20)9-5-11-25(14-21)13-15-12-19(24-27-15)18-8-3-4-10-22-18/h1-4,6-8,10,12H,5,9,11,13-14H2,(H,23,26). The van der Waals surface area contributed by atoms with Crippen LogP contribution in [-0.2, 0) is 16.8 Å². The SMILES string of the molecule is O=C1Nc2ccccc2C12CCCN(Cc1cc(-c3ccccn3)no1)C2. The van der Waals surface area contributed by atoms with Crippen molar-refractivity contribution in [3.05, 3.63) is 66.1 Å². The first kappa shape index (κ1) is 16.2. The van der Waals surface area contributed by atoms with Gasteiger partial charge in [-0.3, -0.25) is 14.7 Å². The maximum absolute atomic E-state index is 12.8. The van der Waals surface area contributed by atoms with Crippen molar-refractivity contribution in [2.45, 2.75) is 24.8 Å². The zero-order valence-corrected chi connectivity index (χ0v) is 14.9. The van der Waals surface area contributed by atoms with Crippen LogP contribution < -0.4 is 5.32 Å². The van der Waals surface area contributed by atoms with E-state index in [2.05, 4.69) is 26.4 Å². The van der Waals surface area contributed by atoms with E-state index < -0.39 is 5.41 Å². The number of carbonyl (C=O) groups is 1. The molecule has 0 aliphatic carbocycles. The molecule has 6 heteroatoms. The van der Waals surface area contributed by atoms with Gasteiger partial charge in [0, 0.05) is 24.5 Å². The van der Waals surface area contributed by atoms with Crippen molar-refractivity contribution >= 4 is 11.6 Å². The summed E-state index contributed by atoms with van der Waals surface area (Å²) in [7, 11) is 0. The van der Waals surface area contributed by atoms with Gasteiger partial charge in [-0.05, 0) is 43.1 Å². The number of aromatic nitrogens is 2. The van der Waals surface area contributed by atoms with E-state index in [1.165, 1.54) is 0 Å². The zero-order chi connectivity index (χ0) is 18.3. The number of amides is 1. The highest BCUT2D eigenvalue weighted by molar-refractivity contribution is 6.06. The third-order valence-electron chi connectivity index (χ3n) is 5.56. The lowest BCUT2D eigenvalue weighted by atomic mass is 9.75. The number of nitrogens with one attached hydrogen (secondary N) is 1. The van der Waals surface area contributed by atoms with E-state index in [4.69, 9.17) is 4.52 Å². The van der Waals surface area contributed by atoms with Crippen molar-refractivity contribution in [2.75, 3.05) is 18.4 Å². The Bertz CT molecular complexity index is 985. The molecule has 0 bridgehead atoms. The Balaban J connectivity index is 1.37. The van der Waals surface area contributed by atoms with Crippen LogP contribution in [0.15, 0.2) is 59.3 Å². The number of hydrogen-bond acceptors (Lipinski definition) is 5. The number of carbonyl (C=O) groups excluding carboxylic acids is 1. The van der Waals surface area contributed by atoms with Gasteiger partial charge in [0.05, 0.1) is 17.7 Å². The molecule has 1 spiro atoms. The van der Waals surface area contributed by atoms with Crippen molar-refractivity contribution in [2.24, 2.45) is 0 Å². The Kier molecular flexibility index (Phi) is 3.79. The largest absolute Gasteiger partial charge is 0.359 e. The molecule has 1 aromatic carbocycles. The van der Waals surface area contributed by atoms with Crippen LogP contribution in [-0.4, -0.2) is 34.0 Å². The molecule has 1 unspecified atom stereocenters. The molecule has 2 aliphatic rings. The maximum Gasteiger partial charge on any atom is 0.236 e. The molecule has 0 saturated carbocycles. The van der Waals surface area contributed by atoms with Crippen LogP contribution in [0.3, 0.4) is 0 Å². The number of anilines is 1. The molecule has 6 nitrogen and oxygen atoms in total. The Morgan fingerprint density at radius 3 is 2.93 bits per heavy atom. The van der Waals surface area contributed by atoms with E-state index in [0.29, 0.717) is 13.1 Å². The molecular weight excluding hydrogens is 340 g/mol. The molecular formula is C21H20N4O2. The molecule has 136 valence electrons. The average Bonchev–Trinajstić information content (AvgIpc) is 3.27. The van der Waals surface area contributed by atoms with Crippen LogP contribution in [0.2, 0.25) is 0 Å². The smallest absolute Gasteiger partial charge is 0.236 e. The Hall–Kier alpha value is -2.99. The first-order valence-corrected chi connectivity index (χ1v) is 9.25. The number of rotatable bonds is 3. The number of nitrogens with zero attached hydrogens (tertiary/aromatic N) is 3. The number of para-hydroxylation sites is 1. The molecule has 3 aromatic rings. The van der Waals surface area contributed by atoms with Crippen molar-refractivity contribution in [1.29, 1.82) is 0 Å². The number of piperidine rings is 1. The summed E-state index contributed by atoms with van der Waals surface area (Å²) >= 11 is 0. The van der Waals surface area contributed by atoms with Crippen molar-refractivity contribution in [3.63, 3.8) is 0 Å². The fraction of sp³-hybridized carbons (Fsp3) is 0.286. The molecule has 2 aromatic heterocycles. The van der Waals surface area contributed by atoms with Gasteiger partial charge in [0.1, 0.15) is 5.69 Å². The molecule has 4 heterocycles. The van der Waals surface area contributed by atoms with Gasteiger partial charge in [-0.15, -0.1) is 0 Å². The number of benzene rings is 1. The summed E-state index contributed by atoms with van der Waals surface area (Å²) in [6, 6.07) is 15.7. The highest BCUT2D eigenvalue weighted by Crippen LogP contribution is 2.43. The van der Waals surface area contributed by atoms with Crippen LogP contribution >= 0.6 is 0 Å². The molecule has 1 saturated heterocycles. The maximum atomic E-state index is 12.8. The van der Waals surface area contributed by atoms with Crippen LogP contribution in [0.25, 0.3) is 11.4 Å². The number of pyridine rings is 1. The highest BCUT2D eigenvalue weighted by atomic mass is 16.5. The molecule has 0 radical (unpaired) electrons. The minimum absolute atomic E-state index is 0.111. The second-order valence-corrected chi connectivity index (χ2v) is 7.29. The zero-order valence-electron chi connectivity index (χ0n) is 14.9. The Morgan fingerprint density at radius 1 is 1.15 bits per heavy atom. The molecule has 27 heavy (non-hydrogen) atoms. The minimum Gasteiger partial charge on any atom is -0.359 e. The molecule has 1 amide bonds. The predicted octanol–water partition coefficient (Wildman–Crippen LogP) is 3.22. The fourth-order valence-corrected chi connectivity index (χ4v) is 4.30. The van der Waals surface area contributed by atoms with Crippen molar-refractivity contribution < 1.29 is 9.32 Å². The summed E-state index contributed by atoms with van der Waals surface area (Å²) in [5.41, 5.74) is 3.14. The first-order valence-electron chi connectivity index (χ1n) is 9.25. The van der Waals surface area contributed by atoms with Crippen molar-refractivity contribution in [1.82, 2.24) is 15.0 Å². The normalized spacial score (nSPS) is 22.0. The van der Waals surface area contributed by atoms with Gasteiger partial charge in [0.2, 0.25) is 5.91 Å². The first-order chi connectivity index (χ1) is 13.2. The Morgan fingerprint density at radius 2 is 2.04 bits per heavy atom. The van der Waals surface area contributed by atoms with Gasteiger partial charge in [0.25, 0.3) is 0 Å². The van der Waals surface area contributed by atoms with E-state index in [1.54, 1.807) is 6.20 Å².